The number of nitrogens with one attached hydrogen (secondary N) is 1. The minimum atomic E-state index is -3.73. The van der Waals surface area contributed by atoms with Crippen LogP contribution in [0.5, 0.6) is 0 Å². The molecule has 1 N–H and O–H groups in total. The van der Waals surface area contributed by atoms with Gasteiger partial charge in [0.15, 0.2) is 5.79 Å². The summed E-state index contributed by atoms with van der Waals surface area (Å²) in [5.74, 6) is -1.35. The smallest absolute Gasteiger partial charge is 0.239 e. The molecular formula is C14H14BrClFNO4S. The van der Waals surface area contributed by atoms with E-state index in [0.717, 1.165) is 12.1 Å². The Morgan fingerprint density at radius 1 is 1.35 bits per heavy atom. The molecule has 1 fully saturated rings. The Labute approximate surface area is 147 Å². The summed E-state index contributed by atoms with van der Waals surface area (Å²) >= 11 is 9.04. The van der Waals surface area contributed by atoms with E-state index < -0.39 is 26.9 Å². The summed E-state index contributed by atoms with van der Waals surface area (Å²) < 4.78 is 52.0. The number of ether oxygens (including phenoxy) is 2. The van der Waals surface area contributed by atoms with Crippen LogP contribution in [0, 0.1) is 5.82 Å². The highest BCUT2D eigenvalue weighted by Crippen LogP contribution is 2.36. The summed E-state index contributed by atoms with van der Waals surface area (Å²) in [5, 5.41) is -0.756. The van der Waals surface area contributed by atoms with Gasteiger partial charge in [-0.05, 0) is 40.6 Å². The molecule has 1 aliphatic heterocycles. The standard InChI is InChI=1S/C14H14BrClFNO4S/c15-11-7-9(17)8-12(16)13(11)18-23(19,20)10-1-3-14(4-2-10)21-5-6-22-14/h1,3,7-8,10,18H,2,4-6H2. The molecule has 1 spiro atoms. The van der Waals surface area contributed by atoms with Gasteiger partial charge >= 0.3 is 0 Å². The number of anilines is 1. The summed E-state index contributed by atoms with van der Waals surface area (Å²) in [6, 6.07) is 2.20. The Hall–Kier alpha value is -0.670. The van der Waals surface area contributed by atoms with Crippen LogP contribution in [0.3, 0.4) is 0 Å². The lowest BCUT2D eigenvalue weighted by molar-refractivity contribution is -0.124. The zero-order valence-electron chi connectivity index (χ0n) is 11.9. The van der Waals surface area contributed by atoms with Crippen LogP contribution in [0.25, 0.3) is 0 Å². The summed E-state index contributed by atoms with van der Waals surface area (Å²) in [4.78, 5) is 0. The van der Waals surface area contributed by atoms with Gasteiger partial charge in [-0.3, -0.25) is 4.72 Å². The topological polar surface area (TPSA) is 64.6 Å². The average Bonchev–Trinajstić information content (AvgIpc) is 2.91. The normalized spacial score (nSPS) is 23.3. The molecule has 1 aliphatic carbocycles. The number of sulfonamides is 1. The van der Waals surface area contributed by atoms with Gasteiger partial charge in [-0.25, -0.2) is 12.8 Å². The monoisotopic (exact) mass is 425 g/mol. The molecule has 0 saturated carbocycles. The zero-order valence-corrected chi connectivity index (χ0v) is 15.0. The van der Waals surface area contributed by atoms with Crippen LogP contribution in [0.4, 0.5) is 10.1 Å². The van der Waals surface area contributed by atoms with Gasteiger partial charge in [0.05, 0.1) is 29.2 Å². The van der Waals surface area contributed by atoms with Crippen molar-refractivity contribution in [1.82, 2.24) is 0 Å². The molecule has 0 aromatic heterocycles. The molecule has 1 atom stereocenters. The van der Waals surface area contributed by atoms with Crippen LogP contribution in [0.1, 0.15) is 12.8 Å². The van der Waals surface area contributed by atoms with Crippen molar-refractivity contribution in [2.24, 2.45) is 0 Å². The molecule has 5 nitrogen and oxygen atoms in total. The fourth-order valence-corrected chi connectivity index (χ4v) is 5.06. The first-order valence-corrected chi connectivity index (χ1v) is 9.66. The number of halogens is 3. The summed E-state index contributed by atoms with van der Waals surface area (Å²) in [5.41, 5.74) is 0.120. The van der Waals surface area contributed by atoms with Crippen LogP contribution in [-0.2, 0) is 19.5 Å². The third-order valence-electron chi connectivity index (χ3n) is 3.77. The van der Waals surface area contributed by atoms with E-state index in [1.54, 1.807) is 12.2 Å². The largest absolute Gasteiger partial charge is 0.344 e. The van der Waals surface area contributed by atoms with Crippen molar-refractivity contribution in [2.75, 3.05) is 17.9 Å². The summed E-state index contributed by atoms with van der Waals surface area (Å²) in [6.45, 7) is 0.996. The van der Waals surface area contributed by atoms with Crippen LogP contribution in [0.15, 0.2) is 28.8 Å². The minimum Gasteiger partial charge on any atom is -0.344 e. The second-order valence-electron chi connectivity index (χ2n) is 5.34. The highest BCUT2D eigenvalue weighted by Gasteiger charge is 2.40. The van der Waals surface area contributed by atoms with Gasteiger partial charge in [-0.2, -0.15) is 0 Å². The van der Waals surface area contributed by atoms with Gasteiger partial charge < -0.3 is 9.47 Å². The van der Waals surface area contributed by atoms with Crippen LogP contribution >= 0.6 is 27.5 Å². The molecule has 2 aliphatic rings. The highest BCUT2D eigenvalue weighted by molar-refractivity contribution is 9.10. The van der Waals surface area contributed by atoms with E-state index in [1.807, 2.05) is 0 Å². The van der Waals surface area contributed by atoms with Crippen LogP contribution < -0.4 is 4.72 Å². The molecular weight excluding hydrogens is 413 g/mol. The van der Waals surface area contributed by atoms with Crippen molar-refractivity contribution in [3.05, 3.63) is 39.6 Å². The molecule has 126 valence electrons. The van der Waals surface area contributed by atoms with Crippen LogP contribution in [0.2, 0.25) is 5.02 Å². The van der Waals surface area contributed by atoms with Gasteiger partial charge in [0.1, 0.15) is 5.82 Å². The summed E-state index contributed by atoms with van der Waals surface area (Å²) in [7, 11) is -3.73. The lowest BCUT2D eigenvalue weighted by atomic mass is 10.0. The van der Waals surface area contributed by atoms with E-state index in [9.17, 15) is 12.8 Å². The Kier molecular flexibility index (Phi) is 4.72. The van der Waals surface area contributed by atoms with Gasteiger partial charge in [0.2, 0.25) is 10.0 Å². The maximum absolute atomic E-state index is 13.2. The number of hydrogen-bond donors (Lipinski definition) is 1. The molecule has 9 heteroatoms. The summed E-state index contributed by atoms with van der Waals surface area (Å²) in [6.07, 6.45) is 4.01. The molecule has 1 aromatic carbocycles. The number of hydrogen-bond acceptors (Lipinski definition) is 4. The van der Waals surface area contributed by atoms with Gasteiger partial charge in [-0.15, -0.1) is 0 Å². The molecule has 23 heavy (non-hydrogen) atoms. The molecule has 0 bridgehead atoms. The molecule has 1 aromatic rings. The number of rotatable bonds is 3. The lowest BCUT2D eigenvalue weighted by Crippen LogP contribution is -2.36. The van der Waals surface area contributed by atoms with Crippen molar-refractivity contribution >= 4 is 43.2 Å². The van der Waals surface area contributed by atoms with Crippen molar-refractivity contribution in [3.8, 4) is 0 Å². The van der Waals surface area contributed by atoms with Crippen molar-refractivity contribution in [1.29, 1.82) is 0 Å². The van der Waals surface area contributed by atoms with Crippen molar-refractivity contribution in [3.63, 3.8) is 0 Å². The van der Waals surface area contributed by atoms with Crippen LogP contribution in [-0.4, -0.2) is 32.7 Å². The Balaban J connectivity index is 1.81. The molecule has 1 saturated heterocycles. The zero-order chi connectivity index (χ0) is 16.7. The molecule has 0 radical (unpaired) electrons. The van der Waals surface area contributed by atoms with E-state index in [1.165, 1.54) is 0 Å². The van der Waals surface area contributed by atoms with E-state index >= 15 is 0 Å². The molecule has 1 heterocycles. The Morgan fingerprint density at radius 2 is 2.04 bits per heavy atom. The van der Waals surface area contributed by atoms with E-state index in [0.29, 0.717) is 26.1 Å². The van der Waals surface area contributed by atoms with E-state index in [-0.39, 0.29) is 15.2 Å². The maximum atomic E-state index is 13.2. The Bertz CT molecular complexity index is 726. The quantitative estimate of drug-likeness (QED) is 0.752. The molecule has 0 amide bonds. The fraction of sp³-hybridized carbons (Fsp3) is 0.429. The average molecular weight is 427 g/mol. The van der Waals surface area contributed by atoms with E-state index in [2.05, 4.69) is 20.7 Å². The van der Waals surface area contributed by atoms with Gasteiger partial charge in [-0.1, -0.05) is 17.7 Å². The third kappa shape index (κ3) is 3.56. The first kappa shape index (κ1) is 17.2. The first-order chi connectivity index (χ1) is 10.8. The second kappa shape index (κ2) is 6.33. The predicted molar refractivity (Wildman–Crippen MR) is 88.4 cm³/mol. The highest BCUT2D eigenvalue weighted by atomic mass is 79.9. The first-order valence-electron chi connectivity index (χ1n) is 6.95. The second-order valence-corrected chi connectivity index (χ2v) is 8.50. The Morgan fingerprint density at radius 3 is 2.61 bits per heavy atom. The lowest BCUT2D eigenvalue weighted by Gasteiger charge is -2.30. The van der Waals surface area contributed by atoms with Crippen molar-refractivity contribution in [2.45, 2.75) is 23.9 Å². The SMILES string of the molecule is O=S(=O)(Nc1c(Cl)cc(F)cc1Br)C1C=CC2(CC1)OCCO2. The molecule has 1 unspecified atom stereocenters. The number of benzene rings is 1. The molecule has 3 rings (SSSR count). The predicted octanol–water partition coefficient (Wildman–Crippen LogP) is 3.45. The van der Waals surface area contributed by atoms with Gasteiger partial charge in [0, 0.05) is 10.9 Å². The fourth-order valence-electron chi connectivity index (χ4n) is 2.60. The van der Waals surface area contributed by atoms with E-state index in [4.69, 9.17) is 21.1 Å². The van der Waals surface area contributed by atoms with Gasteiger partial charge in [0.25, 0.3) is 0 Å². The minimum absolute atomic E-state index is 0.0147. The maximum Gasteiger partial charge on any atom is 0.239 e. The van der Waals surface area contributed by atoms with Crippen molar-refractivity contribution < 1.29 is 22.3 Å². The third-order valence-corrected chi connectivity index (χ3v) is 6.37.